The highest BCUT2D eigenvalue weighted by atomic mass is 19.4. The molecule has 2 N–H and O–H groups in total. The van der Waals surface area contributed by atoms with Crippen molar-refractivity contribution < 1.29 is 26.7 Å². The topological polar surface area (TPSA) is 43.1 Å². The van der Waals surface area contributed by atoms with Crippen LogP contribution in [0.5, 0.6) is 0 Å². The van der Waals surface area contributed by atoms with Gasteiger partial charge in [0.2, 0.25) is 0 Å². The van der Waals surface area contributed by atoms with Crippen LogP contribution < -0.4 is 5.73 Å². The number of carbonyl (C=O) groups is 1. The molecule has 0 heterocycles. The number of halogens is 5. The van der Waals surface area contributed by atoms with E-state index in [1.165, 1.54) is 6.92 Å². The third-order valence-electron chi connectivity index (χ3n) is 2.28. The third kappa shape index (κ3) is 2.66. The number of benzene rings is 1. The van der Waals surface area contributed by atoms with Crippen molar-refractivity contribution in [1.82, 2.24) is 0 Å². The molecule has 0 saturated heterocycles. The number of rotatable bonds is 3. The monoisotopic (exact) mass is 267 g/mol. The van der Waals surface area contributed by atoms with Gasteiger partial charge in [-0.1, -0.05) is 18.2 Å². The molecule has 0 radical (unpaired) electrons. The number of Topliss-reactive ketones (excluding diaryl/α,β-unsaturated/α-hetero) is 1. The van der Waals surface area contributed by atoms with E-state index in [9.17, 15) is 26.7 Å². The first-order chi connectivity index (χ1) is 8.07. The van der Waals surface area contributed by atoms with Crippen molar-refractivity contribution in [2.45, 2.75) is 25.1 Å². The standard InChI is InChI=1S/C11H10F5NO/c1-6(17)9(18)7-3-2-4-8(5-7)10(12,13)11(14,15)16/h2-6H,17H2,1H3. The van der Waals surface area contributed by atoms with Crippen LogP contribution in [0.15, 0.2) is 24.3 Å². The van der Waals surface area contributed by atoms with Crippen LogP contribution in [0.1, 0.15) is 22.8 Å². The molecule has 1 rings (SSSR count). The highest BCUT2D eigenvalue weighted by molar-refractivity contribution is 5.99. The first-order valence-electron chi connectivity index (χ1n) is 4.92. The smallest absolute Gasteiger partial charge is 0.321 e. The summed E-state index contributed by atoms with van der Waals surface area (Å²) < 4.78 is 62.5. The Balaban J connectivity index is 3.22. The van der Waals surface area contributed by atoms with Crippen molar-refractivity contribution in [2.24, 2.45) is 5.73 Å². The summed E-state index contributed by atoms with van der Waals surface area (Å²) in [4.78, 5) is 11.4. The van der Waals surface area contributed by atoms with Crippen molar-refractivity contribution in [3.05, 3.63) is 35.4 Å². The lowest BCUT2D eigenvalue weighted by atomic mass is 10.00. The Labute approximate surface area is 99.6 Å². The van der Waals surface area contributed by atoms with E-state index >= 15 is 0 Å². The molecule has 2 nitrogen and oxygen atoms in total. The van der Waals surface area contributed by atoms with Crippen molar-refractivity contribution in [3.8, 4) is 0 Å². The molecule has 18 heavy (non-hydrogen) atoms. The fourth-order valence-electron chi connectivity index (χ4n) is 1.29. The first kappa shape index (κ1) is 14.6. The van der Waals surface area contributed by atoms with Crippen LogP contribution in [0.4, 0.5) is 22.0 Å². The van der Waals surface area contributed by atoms with Crippen LogP contribution in [0.2, 0.25) is 0 Å². The highest BCUT2D eigenvalue weighted by Crippen LogP contribution is 2.43. The SMILES string of the molecule is CC(N)C(=O)c1cccc(C(F)(F)C(F)(F)F)c1. The second kappa shape index (κ2) is 4.64. The molecule has 0 bridgehead atoms. The Bertz CT molecular complexity index is 453. The van der Waals surface area contributed by atoms with Crippen molar-refractivity contribution in [3.63, 3.8) is 0 Å². The zero-order chi connectivity index (χ0) is 14.1. The van der Waals surface area contributed by atoms with E-state index in [-0.39, 0.29) is 5.56 Å². The molecule has 0 saturated carbocycles. The summed E-state index contributed by atoms with van der Waals surface area (Å²) in [6, 6.07) is 2.26. The lowest BCUT2D eigenvalue weighted by molar-refractivity contribution is -0.289. The van der Waals surface area contributed by atoms with Gasteiger partial charge in [0.15, 0.2) is 5.78 Å². The summed E-state index contributed by atoms with van der Waals surface area (Å²) in [7, 11) is 0. The minimum absolute atomic E-state index is 0.272. The average molecular weight is 267 g/mol. The van der Waals surface area contributed by atoms with E-state index in [4.69, 9.17) is 5.73 Å². The van der Waals surface area contributed by atoms with Gasteiger partial charge in [-0.25, -0.2) is 0 Å². The molecule has 0 amide bonds. The molecule has 0 aliphatic carbocycles. The second-order valence-electron chi connectivity index (χ2n) is 3.81. The van der Waals surface area contributed by atoms with E-state index in [2.05, 4.69) is 0 Å². The van der Waals surface area contributed by atoms with Gasteiger partial charge < -0.3 is 5.73 Å². The Morgan fingerprint density at radius 3 is 2.22 bits per heavy atom. The average Bonchev–Trinajstić information content (AvgIpc) is 2.26. The maximum Gasteiger partial charge on any atom is 0.458 e. The molecular weight excluding hydrogens is 257 g/mol. The molecule has 100 valence electrons. The lowest BCUT2D eigenvalue weighted by Gasteiger charge is -2.20. The van der Waals surface area contributed by atoms with E-state index < -0.39 is 29.5 Å². The van der Waals surface area contributed by atoms with Crippen LogP contribution in [0.3, 0.4) is 0 Å². The lowest BCUT2D eigenvalue weighted by Crippen LogP contribution is -2.34. The Morgan fingerprint density at radius 2 is 1.78 bits per heavy atom. The second-order valence-corrected chi connectivity index (χ2v) is 3.81. The number of alkyl halides is 5. The van der Waals surface area contributed by atoms with E-state index in [1.54, 1.807) is 0 Å². The van der Waals surface area contributed by atoms with Crippen LogP contribution in [-0.2, 0) is 5.92 Å². The Kier molecular flexibility index (Phi) is 3.75. The number of hydrogen-bond acceptors (Lipinski definition) is 2. The molecule has 1 aromatic rings. The van der Waals surface area contributed by atoms with E-state index in [0.29, 0.717) is 12.1 Å². The largest absolute Gasteiger partial charge is 0.458 e. The molecule has 1 unspecified atom stereocenters. The van der Waals surface area contributed by atoms with Gasteiger partial charge >= 0.3 is 12.1 Å². The normalized spacial score (nSPS) is 14.4. The van der Waals surface area contributed by atoms with E-state index in [1.807, 2.05) is 0 Å². The summed E-state index contributed by atoms with van der Waals surface area (Å²) in [5.74, 6) is -5.70. The van der Waals surface area contributed by atoms with Crippen LogP contribution in [-0.4, -0.2) is 18.0 Å². The van der Waals surface area contributed by atoms with Gasteiger partial charge in [-0.3, -0.25) is 4.79 Å². The van der Waals surface area contributed by atoms with Gasteiger partial charge in [0, 0.05) is 11.1 Å². The van der Waals surface area contributed by atoms with E-state index in [0.717, 1.165) is 12.1 Å². The van der Waals surface area contributed by atoms with Crippen LogP contribution in [0, 0.1) is 0 Å². The summed E-state index contributed by atoms with van der Waals surface area (Å²) in [6.07, 6.45) is -5.71. The first-order valence-corrected chi connectivity index (χ1v) is 4.92. The van der Waals surface area contributed by atoms with Gasteiger partial charge in [-0.2, -0.15) is 22.0 Å². The molecule has 0 fully saturated rings. The Morgan fingerprint density at radius 1 is 1.22 bits per heavy atom. The molecule has 1 atom stereocenters. The van der Waals surface area contributed by atoms with Gasteiger partial charge in [0.05, 0.1) is 6.04 Å². The molecule has 0 aromatic heterocycles. The summed E-state index contributed by atoms with van der Waals surface area (Å²) in [5.41, 5.74) is 3.71. The maximum atomic E-state index is 13.0. The van der Waals surface area contributed by atoms with Gasteiger partial charge in [0.1, 0.15) is 0 Å². The summed E-state index contributed by atoms with van der Waals surface area (Å²) >= 11 is 0. The highest BCUT2D eigenvalue weighted by Gasteiger charge is 2.58. The predicted octanol–water partition coefficient (Wildman–Crippen LogP) is 2.87. The minimum atomic E-state index is -5.71. The molecular formula is C11H10F5NO. The number of ketones is 1. The van der Waals surface area contributed by atoms with Crippen molar-refractivity contribution in [2.75, 3.05) is 0 Å². The van der Waals surface area contributed by atoms with Crippen LogP contribution >= 0.6 is 0 Å². The fraction of sp³-hybridized carbons (Fsp3) is 0.364. The molecule has 0 spiro atoms. The van der Waals surface area contributed by atoms with Gasteiger partial charge in [-0.05, 0) is 13.0 Å². The third-order valence-corrected chi connectivity index (χ3v) is 2.28. The summed E-state index contributed by atoms with van der Waals surface area (Å²) in [6.45, 7) is 1.32. The van der Waals surface area contributed by atoms with Gasteiger partial charge in [0.25, 0.3) is 0 Å². The molecule has 0 aliphatic heterocycles. The zero-order valence-electron chi connectivity index (χ0n) is 9.26. The quantitative estimate of drug-likeness (QED) is 0.676. The number of hydrogen-bond donors (Lipinski definition) is 1. The van der Waals surface area contributed by atoms with Crippen LogP contribution in [0.25, 0.3) is 0 Å². The minimum Gasteiger partial charge on any atom is -0.321 e. The fourth-order valence-corrected chi connectivity index (χ4v) is 1.29. The maximum absolute atomic E-state index is 13.0. The molecule has 7 heteroatoms. The summed E-state index contributed by atoms with van der Waals surface area (Å²) in [5, 5.41) is 0. The molecule has 1 aromatic carbocycles. The van der Waals surface area contributed by atoms with Crippen molar-refractivity contribution in [1.29, 1.82) is 0 Å². The number of carbonyl (C=O) groups excluding carboxylic acids is 1. The zero-order valence-corrected chi connectivity index (χ0v) is 9.26. The predicted molar refractivity (Wildman–Crippen MR) is 54.4 cm³/mol. The van der Waals surface area contributed by atoms with Crippen molar-refractivity contribution >= 4 is 5.78 Å². The number of nitrogens with two attached hydrogens (primary N) is 1. The molecule has 0 aliphatic rings. The Hall–Kier alpha value is -1.50. The van der Waals surface area contributed by atoms with Gasteiger partial charge in [-0.15, -0.1) is 0 Å².